The number of rotatable bonds is 3. The second-order valence-electron chi connectivity index (χ2n) is 3.99. The number of hydrogen-bond donors (Lipinski definition) is 2. The number of H-pyrrole nitrogens is 1. The Hall–Kier alpha value is -2.37. The summed E-state index contributed by atoms with van der Waals surface area (Å²) in [5, 5.41) is 6.23. The van der Waals surface area contributed by atoms with Crippen LogP contribution in [0.1, 0.15) is 16.1 Å². The zero-order valence-corrected chi connectivity index (χ0v) is 9.85. The van der Waals surface area contributed by atoms with Crippen molar-refractivity contribution in [2.45, 2.75) is 6.54 Å². The molecule has 2 rings (SSSR count). The number of benzene rings is 1. The average molecular weight is 248 g/mol. The highest BCUT2D eigenvalue weighted by Gasteiger charge is 2.16. The van der Waals surface area contributed by atoms with E-state index >= 15 is 0 Å². The lowest BCUT2D eigenvalue weighted by Gasteiger charge is -2.16. The minimum atomic E-state index is -0.325. The minimum absolute atomic E-state index is 0.244. The fourth-order valence-electron chi connectivity index (χ4n) is 1.64. The monoisotopic (exact) mass is 248 g/mol. The molecule has 0 fully saturated rings. The molecule has 0 saturated carbocycles. The van der Waals surface area contributed by atoms with Crippen LogP contribution in [0.4, 0.5) is 10.1 Å². The molecule has 5 nitrogen and oxygen atoms in total. The minimum Gasteiger partial charge on any atom is -0.396 e. The first-order chi connectivity index (χ1) is 8.58. The quantitative estimate of drug-likeness (QED) is 0.862. The molecule has 0 spiro atoms. The summed E-state index contributed by atoms with van der Waals surface area (Å²) in [5.74, 6) is -0.608. The van der Waals surface area contributed by atoms with Crippen molar-refractivity contribution in [2.75, 3.05) is 12.8 Å². The Morgan fingerprint density at radius 2 is 2.33 bits per heavy atom. The highest BCUT2D eigenvalue weighted by Crippen LogP contribution is 2.12. The molecule has 94 valence electrons. The molecule has 0 unspecified atom stereocenters. The van der Waals surface area contributed by atoms with Gasteiger partial charge in [0.15, 0.2) is 0 Å². The average Bonchev–Trinajstić information content (AvgIpc) is 2.74. The molecule has 0 radical (unpaired) electrons. The first-order valence-corrected chi connectivity index (χ1v) is 5.36. The fraction of sp³-hybridized carbons (Fsp3) is 0.167. The lowest BCUT2D eigenvalue weighted by Crippen LogP contribution is -2.27. The normalized spacial score (nSPS) is 10.3. The molecule has 0 aliphatic heterocycles. The van der Waals surface area contributed by atoms with Crippen LogP contribution in [0.5, 0.6) is 0 Å². The van der Waals surface area contributed by atoms with Crippen molar-refractivity contribution < 1.29 is 9.18 Å². The van der Waals surface area contributed by atoms with E-state index < -0.39 is 0 Å². The summed E-state index contributed by atoms with van der Waals surface area (Å²) in [6.45, 7) is 0.301. The van der Waals surface area contributed by atoms with E-state index in [1.807, 2.05) is 0 Å². The maximum atomic E-state index is 13.0. The van der Waals surface area contributed by atoms with Gasteiger partial charge in [-0.05, 0) is 17.7 Å². The summed E-state index contributed by atoms with van der Waals surface area (Å²) in [6.07, 6.45) is 1.38. The largest absolute Gasteiger partial charge is 0.396 e. The van der Waals surface area contributed by atoms with Gasteiger partial charge in [0.1, 0.15) is 11.5 Å². The van der Waals surface area contributed by atoms with Gasteiger partial charge in [0, 0.05) is 13.6 Å². The Balaban J connectivity index is 2.11. The lowest BCUT2D eigenvalue weighted by atomic mass is 10.2. The van der Waals surface area contributed by atoms with Gasteiger partial charge in [-0.1, -0.05) is 12.1 Å². The molecular weight excluding hydrogens is 235 g/mol. The number of halogens is 1. The van der Waals surface area contributed by atoms with Crippen molar-refractivity contribution in [3.63, 3.8) is 0 Å². The number of anilines is 1. The Morgan fingerprint density at radius 3 is 2.94 bits per heavy atom. The number of nitrogens with one attached hydrogen (secondary N) is 1. The molecule has 1 aromatic heterocycles. The van der Waals surface area contributed by atoms with Gasteiger partial charge in [0.2, 0.25) is 0 Å². The Bertz CT molecular complexity index is 567. The number of nitrogens with two attached hydrogens (primary N) is 1. The predicted molar refractivity (Wildman–Crippen MR) is 65.2 cm³/mol. The van der Waals surface area contributed by atoms with E-state index in [9.17, 15) is 9.18 Å². The maximum absolute atomic E-state index is 13.0. The molecule has 6 heteroatoms. The lowest BCUT2D eigenvalue weighted by molar-refractivity contribution is 0.0780. The van der Waals surface area contributed by atoms with E-state index in [1.54, 1.807) is 19.2 Å². The summed E-state index contributed by atoms with van der Waals surface area (Å²) in [5.41, 5.74) is 6.85. The van der Waals surface area contributed by atoms with E-state index in [0.29, 0.717) is 17.8 Å². The summed E-state index contributed by atoms with van der Waals surface area (Å²) < 4.78 is 13.0. The molecule has 18 heavy (non-hydrogen) atoms. The Labute approximate surface area is 103 Å². The summed E-state index contributed by atoms with van der Waals surface area (Å²) in [6, 6.07) is 6.11. The number of hydrogen-bond acceptors (Lipinski definition) is 3. The van der Waals surface area contributed by atoms with Gasteiger partial charge in [-0.3, -0.25) is 9.89 Å². The molecule has 1 heterocycles. The van der Waals surface area contributed by atoms with Crippen LogP contribution in [-0.4, -0.2) is 28.1 Å². The summed E-state index contributed by atoms with van der Waals surface area (Å²) >= 11 is 0. The third kappa shape index (κ3) is 2.48. The van der Waals surface area contributed by atoms with Crippen LogP contribution in [0.2, 0.25) is 0 Å². The second-order valence-corrected chi connectivity index (χ2v) is 3.99. The number of aromatic nitrogens is 2. The molecule has 0 aliphatic carbocycles. The Kier molecular flexibility index (Phi) is 3.27. The highest BCUT2D eigenvalue weighted by molar-refractivity contribution is 5.96. The summed E-state index contributed by atoms with van der Waals surface area (Å²) in [7, 11) is 1.62. The van der Waals surface area contributed by atoms with Crippen LogP contribution >= 0.6 is 0 Å². The zero-order chi connectivity index (χ0) is 13.1. The standard InChI is InChI=1S/C12H13FN4O/c1-17(7-8-3-2-4-9(13)5-8)12(18)11-10(14)6-15-16-11/h2-6H,7,14H2,1H3,(H,15,16). The fourth-order valence-corrected chi connectivity index (χ4v) is 1.64. The van der Waals surface area contributed by atoms with Gasteiger partial charge in [-0.25, -0.2) is 4.39 Å². The second kappa shape index (κ2) is 4.87. The van der Waals surface area contributed by atoms with Gasteiger partial charge in [0.25, 0.3) is 5.91 Å². The highest BCUT2D eigenvalue weighted by atomic mass is 19.1. The van der Waals surface area contributed by atoms with Crippen LogP contribution < -0.4 is 5.73 Å². The van der Waals surface area contributed by atoms with E-state index in [4.69, 9.17) is 5.73 Å². The third-order valence-electron chi connectivity index (χ3n) is 2.54. The maximum Gasteiger partial charge on any atom is 0.274 e. The molecule has 1 amide bonds. The molecule has 3 N–H and O–H groups in total. The first-order valence-electron chi connectivity index (χ1n) is 5.36. The van der Waals surface area contributed by atoms with Gasteiger partial charge < -0.3 is 10.6 Å². The van der Waals surface area contributed by atoms with Crippen LogP contribution in [0, 0.1) is 5.82 Å². The van der Waals surface area contributed by atoms with Gasteiger partial charge in [-0.15, -0.1) is 0 Å². The van der Waals surface area contributed by atoms with E-state index in [0.717, 1.165) is 0 Å². The van der Waals surface area contributed by atoms with Crippen molar-refractivity contribution in [3.8, 4) is 0 Å². The molecule has 1 aromatic carbocycles. The van der Waals surface area contributed by atoms with Gasteiger partial charge in [-0.2, -0.15) is 5.10 Å². The van der Waals surface area contributed by atoms with Crippen molar-refractivity contribution >= 4 is 11.6 Å². The molecule has 0 saturated heterocycles. The van der Waals surface area contributed by atoms with Crippen molar-refractivity contribution in [1.82, 2.24) is 15.1 Å². The predicted octanol–water partition coefficient (Wildman–Crippen LogP) is 1.40. The molecular formula is C12H13FN4O. The third-order valence-corrected chi connectivity index (χ3v) is 2.54. The number of carbonyl (C=O) groups excluding carboxylic acids is 1. The van der Waals surface area contributed by atoms with E-state index in [-0.39, 0.29) is 17.4 Å². The van der Waals surface area contributed by atoms with E-state index in [1.165, 1.54) is 23.2 Å². The topological polar surface area (TPSA) is 75.0 Å². The molecule has 0 atom stereocenters. The van der Waals surface area contributed by atoms with Crippen LogP contribution in [0.3, 0.4) is 0 Å². The van der Waals surface area contributed by atoms with Gasteiger partial charge in [0.05, 0.1) is 11.9 Å². The number of carbonyl (C=O) groups is 1. The molecule has 2 aromatic rings. The Morgan fingerprint density at radius 1 is 1.56 bits per heavy atom. The molecule has 0 bridgehead atoms. The van der Waals surface area contributed by atoms with Crippen molar-refractivity contribution in [2.24, 2.45) is 0 Å². The number of aromatic amines is 1. The van der Waals surface area contributed by atoms with Crippen LogP contribution in [0.25, 0.3) is 0 Å². The number of nitrogens with zero attached hydrogens (tertiary/aromatic N) is 2. The van der Waals surface area contributed by atoms with Crippen LogP contribution in [-0.2, 0) is 6.54 Å². The SMILES string of the molecule is CN(Cc1cccc(F)c1)C(=O)c1[nH]ncc1N. The van der Waals surface area contributed by atoms with Gasteiger partial charge >= 0.3 is 0 Å². The van der Waals surface area contributed by atoms with Crippen LogP contribution in [0.15, 0.2) is 30.5 Å². The molecule has 0 aliphatic rings. The zero-order valence-electron chi connectivity index (χ0n) is 9.85. The van der Waals surface area contributed by atoms with E-state index in [2.05, 4.69) is 10.2 Å². The first kappa shape index (κ1) is 12.1. The van der Waals surface area contributed by atoms with Crippen molar-refractivity contribution in [1.29, 1.82) is 0 Å². The number of amides is 1. The number of nitrogen functional groups attached to an aromatic ring is 1. The smallest absolute Gasteiger partial charge is 0.274 e. The summed E-state index contributed by atoms with van der Waals surface area (Å²) in [4.78, 5) is 13.4. The van der Waals surface area contributed by atoms with Crippen molar-refractivity contribution in [3.05, 3.63) is 47.5 Å².